The van der Waals surface area contributed by atoms with E-state index in [4.69, 9.17) is 14.6 Å². The van der Waals surface area contributed by atoms with Gasteiger partial charge in [0.05, 0.1) is 17.4 Å². The van der Waals surface area contributed by atoms with Gasteiger partial charge in [-0.1, -0.05) is 38.1 Å². The van der Waals surface area contributed by atoms with Gasteiger partial charge in [-0.05, 0) is 35.7 Å². The van der Waals surface area contributed by atoms with Crippen molar-refractivity contribution in [2.24, 2.45) is 0 Å². The van der Waals surface area contributed by atoms with Crippen molar-refractivity contribution in [1.82, 2.24) is 29.4 Å². The molecule has 33 heavy (non-hydrogen) atoms. The lowest BCUT2D eigenvalue weighted by Crippen LogP contribution is -2.38. The Labute approximate surface area is 192 Å². The molecule has 0 saturated heterocycles. The molecule has 2 aromatic heterocycles. The minimum atomic E-state index is -0.0316. The van der Waals surface area contributed by atoms with Crippen molar-refractivity contribution in [3.8, 4) is 17.2 Å². The Morgan fingerprint density at radius 1 is 1.03 bits per heavy atom. The third-order valence-corrected chi connectivity index (χ3v) is 6.36. The van der Waals surface area contributed by atoms with E-state index in [1.54, 1.807) is 0 Å². The molecule has 0 N–H and O–H groups in total. The van der Waals surface area contributed by atoms with Crippen molar-refractivity contribution in [2.75, 3.05) is 13.3 Å². The summed E-state index contributed by atoms with van der Waals surface area (Å²) >= 11 is 0. The predicted molar refractivity (Wildman–Crippen MR) is 122 cm³/mol. The maximum Gasteiger partial charge on any atom is 0.231 e. The fourth-order valence-electron chi connectivity index (χ4n) is 4.75. The van der Waals surface area contributed by atoms with Crippen LogP contribution in [0.3, 0.4) is 0 Å². The lowest BCUT2D eigenvalue weighted by Gasteiger charge is -2.35. The normalized spacial score (nSPS) is 17.5. The molecule has 2 aliphatic rings. The summed E-state index contributed by atoms with van der Waals surface area (Å²) in [6.07, 6.45) is 3.99. The van der Waals surface area contributed by atoms with Gasteiger partial charge in [0.25, 0.3) is 0 Å². The van der Waals surface area contributed by atoms with E-state index in [2.05, 4.69) is 64.0 Å². The topological polar surface area (TPSA) is 70.2 Å². The van der Waals surface area contributed by atoms with Crippen LogP contribution in [0.4, 0.5) is 0 Å². The average Bonchev–Trinajstić information content (AvgIpc) is 3.58. The molecule has 0 fully saturated rings. The van der Waals surface area contributed by atoms with E-state index >= 15 is 0 Å². The van der Waals surface area contributed by atoms with Gasteiger partial charge in [-0.15, -0.1) is 10.2 Å². The molecular formula is C25H26N6O2. The Morgan fingerprint density at radius 3 is 2.73 bits per heavy atom. The second-order valence-corrected chi connectivity index (χ2v) is 8.84. The van der Waals surface area contributed by atoms with Gasteiger partial charge >= 0.3 is 0 Å². The number of hydrogen-bond acceptors (Lipinski definition) is 6. The lowest BCUT2D eigenvalue weighted by atomic mass is 10.00. The standard InChI is InChI=1S/C25H26N6O2/c1-17(2)23-19(14-31(28-23)20-6-4-3-5-7-20)13-29-10-11-30-15-26-27-25(30)24(29)18-8-9-21-22(12-18)33-16-32-21/h3-9,12,14-15,17,24H,10-11,13,16H2,1-2H3. The molecule has 2 aromatic carbocycles. The Kier molecular flexibility index (Phi) is 4.87. The second kappa shape index (κ2) is 8.04. The van der Waals surface area contributed by atoms with Crippen LogP contribution in [0.1, 0.15) is 48.5 Å². The van der Waals surface area contributed by atoms with Gasteiger partial charge in [-0.2, -0.15) is 5.10 Å². The van der Waals surface area contributed by atoms with E-state index in [1.807, 2.05) is 35.3 Å². The fraction of sp³-hybridized carbons (Fsp3) is 0.320. The number of aromatic nitrogens is 5. The molecule has 0 bridgehead atoms. The molecule has 0 amide bonds. The van der Waals surface area contributed by atoms with Crippen LogP contribution < -0.4 is 9.47 Å². The summed E-state index contributed by atoms with van der Waals surface area (Å²) in [6.45, 7) is 7.17. The van der Waals surface area contributed by atoms with Crippen LogP contribution in [0.2, 0.25) is 0 Å². The third kappa shape index (κ3) is 3.56. The molecule has 1 unspecified atom stereocenters. The van der Waals surface area contributed by atoms with Gasteiger partial charge in [0, 0.05) is 31.4 Å². The molecule has 0 aliphatic carbocycles. The molecule has 8 nitrogen and oxygen atoms in total. The van der Waals surface area contributed by atoms with Gasteiger partial charge in [0.2, 0.25) is 6.79 Å². The molecule has 168 valence electrons. The van der Waals surface area contributed by atoms with E-state index in [0.717, 1.165) is 53.9 Å². The van der Waals surface area contributed by atoms with Crippen molar-refractivity contribution in [1.29, 1.82) is 0 Å². The highest BCUT2D eigenvalue weighted by Crippen LogP contribution is 2.39. The number of para-hydroxylation sites is 1. The van der Waals surface area contributed by atoms with Gasteiger partial charge in [-0.3, -0.25) is 4.90 Å². The van der Waals surface area contributed by atoms with Gasteiger partial charge in [-0.25, -0.2) is 4.68 Å². The Morgan fingerprint density at radius 2 is 1.88 bits per heavy atom. The highest BCUT2D eigenvalue weighted by molar-refractivity contribution is 5.46. The average molecular weight is 443 g/mol. The Bertz CT molecular complexity index is 1280. The van der Waals surface area contributed by atoms with Gasteiger partial charge < -0.3 is 14.0 Å². The molecule has 8 heteroatoms. The SMILES string of the molecule is CC(C)c1nn(-c2ccccc2)cc1CN1CCn2cnnc2C1c1ccc2c(c1)OCO2. The Hall–Kier alpha value is -3.65. The minimum absolute atomic E-state index is 0.0316. The van der Waals surface area contributed by atoms with Gasteiger partial charge in [0.15, 0.2) is 17.3 Å². The van der Waals surface area contributed by atoms with Crippen molar-refractivity contribution in [2.45, 2.75) is 38.9 Å². The summed E-state index contributed by atoms with van der Waals surface area (Å²) < 4.78 is 15.3. The van der Waals surface area contributed by atoms with Crippen LogP contribution in [0.25, 0.3) is 5.69 Å². The summed E-state index contributed by atoms with van der Waals surface area (Å²) in [5.74, 6) is 2.83. The lowest BCUT2D eigenvalue weighted by molar-refractivity contribution is 0.168. The minimum Gasteiger partial charge on any atom is -0.454 e. The molecule has 0 spiro atoms. The Balaban J connectivity index is 1.38. The van der Waals surface area contributed by atoms with E-state index in [0.29, 0.717) is 5.92 Å². The summed E-state index contributed by atoms with van der Waals surface area (Å²) in [5, 5.41) is 13.6. The van der Waals surface area contributed by atoms with E-state index < -0.39 is 0 Å². The van der Waals surface area contributed by atoms with Crippen LogP contribution >= 0.6 is 0 Å². The number of hydrogen-bond donors (Lipinski definition) is 0. The molecule has 2 aliphatic heterocycles. The van der Waals surface area contributed by atoms with Gasteiger partial charge in [0.1, 0.15) is 6.33 Å². The van der Waals surface area contributed by atoms with Crippen molar-refractivity contribution in [3.63, 3.8) is 0 Å². The first-order chi connectivity index (χ1) is 16.2. The first-order valence-corrected chi connectivity index (χ1v) is 11.3. The monoisotopic (exact) mass is 442 g/mol. The number of nitrogens with zero attached hydrogens (tertiary/aromatic N) is 6. The number of rotatable bonds is 5. The summed E-state index contributed by atoms with van der Waals surface area (Å²) in [6, 6.07) is 16.4. The molecule has 0 saturated carbocycles. The van der Waals surface area contributed by atoms with E-state index in [-0.39, 0.29) is 12.8 Å². The molecular weight excluding hydrogens is 416 g/mol. The van der Waals surface area contributed by atoms with Crippen LogP contribution in [0.15, 0.2) is 61.1 Å². The first kappa shape index (κ1) is 20.0. The van der Waals surface area contributed by atoms with Crippen molar-refractivity contribution in [3.05, 3.63) is 83.7 Å². The van der Waals surface area contributed by atoms with Crippen molar-refractivity contribution >= 4 is 0 Å². The fourth-order valence-corrected chi connectivity index (χ4v) is 4.75. The number of ether oxygens (including phenoxy) is 2. The van der Waals surface area contributed by atoms with Crippen LogP contribution in [-0.2, 0) is 13.1 Å². The van der Waals surface area contributed by atoms with Crippen molar-refractivity contribution < 1.29 is 9.47 Å². The molecule has 4 aromatic rings. The highest BCUT2D eigenvalue weighted by atomic mass is 16.7. The molecule has 6 rings (SSSR count). The molecule has 0 radical (unpaired) electrons. The zero-order chi connectivity index (χ0) is 22.4. The predicted octanol–water partition coefficient (Wildman–Crippen LogP) is 3.92. The number of benzene rings is 2. The largest absolute Gasteiger partial charge is 0.454 e. The zero-order valence-corrected chi connectivity index (χ0v) is 18.8. The number of fused-ring (bicyclic) bond motifs is 2. The van der Waals surface area contributed by atoms with E-state index in [1.165, 1.54) is 5.56 Å². The maximum absolute atomic E-state index is 5.66. The van der Waals surface area contributed by atoms with E-state index in [9.17, 15) is 0 Å². The maximum atomic E-state index is 5.66. The van der Waals surface area contributed by atoms with Crippen LogP contribution in [0.5, 0.6) is 11.5 Å². The summed E-state index contributed by atoms with van der Waals surface area (Å²) in [7, 11) is 0. The molecule has 1 atom stereocenters. The quantitative estimate of drug-likeness (QED) is 0.467. The summed E-state index contributed by atoms with van der Waals surface area (Å²) in [5.41, 5.74) is 4.54. The smallest absolute Gasteiger partial charge is 0.231 e. The highest BCUT2D eigenvalue weighted by Gasteiger charge is 2.33. The molecule has 4 heterocycles. The summed E-state index contributed by atoms with van der Waals surface area (Å²) in [4.78, 5) is 2.46. The van der Waals surface area contributed by atoms with Crippen LogP contribution in [0, 0.1) is 0 Å². The third-order valence-electron chi connectivity index (χ3n) is 6.36. The second-order valence-electron chi connectivity index (χ2n) is 8.84. The zero-order valence-electron chi connectivity index (χ0n) is 18.8. The first-order valence-electron chi connectivity index (χ1n) is 11.3. The van der Waals surface area contributed by atoms with Crippen LogP contribution in [-0.4, -0.2) is 42.8 Å².